The van der Waals surface area contributed by atoms with E-state index in [1.54, 1.807) is 12.1 Å². The van der Waals surface area contributed by atoms with Gasteiger partial charge in [0, 0.05) is 17.3 Å². The minimum absolute atomic E-state index is 0.0113. The number of aliphatic carboxylic acids is 1. The molecule has 4 nitrogen and oxygen atoms in total. The molecule has 1 heterocycles. The van der Waals surface area contributed by atoms with Gasteiger partial charge in [0.15, 0.2) is 5.43 Å². The summed E-state index contributed by atoms with van der Waals surface area (Å²) in [5.41, 5.74) is 1.54. The summed E-state index contributed by atoms with van der Waals surface area (Å²) in [6, 6.07) is 14.6. The Hall–Kier alpha value is -2.62. The van der Waals surface area contributed by atoms with Crippen LogP contribution in [0.1, 0.15) is 6.42 Å². The fourth-order valence-corrected chi connectivity index (χ4v) is 2.53. The van der Waals surface area contributed by atoms with Crippen molar-refractivity contribution < 1.29 is 9.90 Å². The molecule has 20 heavy (non-hydrogen) atoms. The van der Waals surface area contributed by atoms with Crippen LogP contribution in [-0.2, 0) is 11.3 Å². The van der Waals surface area contributed by atoms with Crippen molar-refractivity contribution in [2.45, 2.75) is 13.0 Å². The molecule has 2 aromatic carbocycles. The summed E-state index contributed by atoms with van der Waals surface area (Å²) in [6.45, 7) is 0.344. The normalized spacial score (nSPS) is 11.0. The standard InChI is InChI=1S/C16H13NO3/c18-15(19)9-10-17-13-7-3-1-5-11(13)16(20)12-6-2-4-8-14(12)17/h1-8H,9-10H2,(H,18,19). The SMILES string of the molecule is O=C(O)CCn1c2ccccc2c(=O)c2ccccc21. The number of pyridine rings is 1. The lowest BCUT2D eigenvalue weighted by atomic mass is 10.1. The highest BCUT2D eigenvalue weighted by Gasteiger charge is 2.10. The van der Waals surface area contributed by atoms with Crippen LogP contribution in [0.15, 0.2) is 53.3 Å². The number of para-hydroxylation sites is 2. The first-order valence-electron chi connectivity index (χ1n) is 6.40. The van der Waals surface area contributed by atoms with Crippen molar-refractivity contribution in [3.8, 4) is 0 Å². The van der Waals surface area contributed by atoms with Gasteiger partial charge in [-0.15, -0.1) is 0 Å². The highest BCUT2D eigenvalue weighted by atomic mass is 16.4. The molecule has 0 saturated carbocycles. The zero-order chi connectivity index (χ0) is 14.1. The molecule has 0 radical (unpaired) electrons. The van der Waals surface area contributed by atoms with Gasteiger partial charge < -0.3 is 9.67 Å². The molecule has 0 spiro atoms. The van der Waals surface area contributed by atoms with Gasteiger partial charge in [-0.05, 0) is 24.3 Å². The molecule has 0 unspecified atom stereocenters. The van der Waals surface area contributed by atoms with Gasteiger partial charge in [0.25, 0.3) is 0 Å². The quantitative estimate of drug-likeness (QED) is 0.742. The topological polar surface area (TPSA) is 59.3 Å². The molecule has 0 fully saturated rings. The van der Waals surface area contributed by atoms with Gasteiger partial charge in [0.05, 0.1) is 17.5 Å². The van der Waals surface area contributed by atoms with E-state index < -0.39 is 5.97 Å². The van der Waals surface area contributed by atoms with E-state index in [1.165, 1.54) is 0 Å². The molecule has 3 rings (SSSR count). The number of carboxylic acid groups (broad SMARTS) is 1. The second kappa shape index (κ2) is 4.81. The lowest BCUT2D eigenvalue weighted by molar-refractivity contribution is -0.137. The zero-order valence-corrected chi connectivity index (χ0v) is 10.7. The Labute approximate surface area is 114 Å². The number of carboxylic acids is 1. The first kappa shape index (κ1) is 12.4. The summed E-state index contributed by atoms with van der Waals surface area (Å²) in [7, 11) is 0. The minimum atomic E-state index is -0.850. The van der Waals surface area contributed by atoms with E-state index in [1.807, 2.05) is 41.0 Å². The van der Waals surface area contributed by atoms with E-state index in [9.17, 15) is 9.59 Å². The van der Waals surface area contributed by atoms with E-state index in [4.69, 9.17) is 5.11 Å². The van der Waals surface area contributed by atoms with Crippen LogP contribution in [0.3, 0.4) is 0 Å². The molecule has 0 amide bonds. The van der Waals surface area contributed by atoms with E-state index >= 15 is 0 Å². The van der Waals surface area contributed by atoms with Crippen molar-refractivity contribution in [3.63, 3.8) is 0 Å². The largest absolute Gasteiger partial charge is 0.481 e. The van der Waals surface area contributed by atoms with Crippen molar-refractivity contribution in [1.82, 2.24) is 4.57 Å². The predicted octanol–water partition coefficient (Wildman–Crippen LogP) is 2.63. The monoisotopic (exact) mass is 267 g/mol. The smallest absolute Gasteiger partial charge is 0.305 e. The summed E-state index contributed by atoms with van der Waals surface area (Å²) >= 11 is 0. The Morgan fingerprint density at radius 3 is 1.95 bits per heavy atom. The third-order valence-electron chi connectivity index (χ3n) is 3.43. The Kier molecular flexibility index (Phi) is 2.99. The second-order valence-electron chi connectivity index (χ2n) is 4.66. The molecular formula is C16H13NO3. The summed E-state index contributed by atoms with van der Waals surface area (Å²) in [5.74, 6) is -0.850. The number of carbonyl (C=O) groups is 1. The molecule has 3 aromatic rings. The molecule has 0 atom stereocenters. The van der Waals surface area contributed by atoms with Crippen LogP contribution in [-0.4, -0.2) is 15.6 Å². The van der Waals surface area contributed by atoms with Crippen molar-refractivity contribution in [3.05, 3.63) is 58.8 Å². The maximum Gasteiger partial charge on any atom is 0.305 e. The number of hydrogen-bond donors (Lipinski definition) is 1. The van der Waals surface area contributed by atoms with E-state index in [-0.39, 0.29) is 11.8 Å². The summed E-state index contributed by atoms with van der Waals surface area (Å²) in [4.78, 5) is 23.3. The average molecular weight is 267 g/mol. The summed E-state index contributed by atoms with van der Waals surface area (Å²) in [6.07, 6.45) is 0.0247. The number of aromatic nitrogens is 1. The van der Waals surface area contributed by atoms with E-state index in [0.717, 1.165) is 11.0 Å². The van der Waals surface area contributed by atoms with Crippen molar-refractivity contribution in [2.24, 2.45) is 0 Å². The Morgan fingerprint density at radius 1 is 0.950 bits per heavy atom. The van der Waals surface area contributed by atoms with Gasteiger partial charge >= 0.3 is 5.97 Å². The van der Waals surface area contributed by atoms with Crippen LogP contribution in [0.5, 0.6) is 0 Å². The lowest BCUT2D eigenvalue weighted by Crippen LogP contribution is -2.13. The lowest BCUT2D eigenvalue weighted by Gasteiger charge is -2.14. The number of fused-ring (bicyclic) bond motifs is 2. The van der Waals surface area contributed by atoms with Crippen LogP contribution < -0.4 is 5.43 Å². The van der Waals surface area contributed by atoms with Gasteiger partial charge in [-0.25, -0.2) is 0 Å². The third-order valence-corrected chi connectivity index (χ3v) is 3.43. The second-order valence-corrected chi connectivity index (χ2v) is 4.66. The molecular weight excluding hydrogens is 254 g/mol. The van der Waals surface area contributed by atoms with Gasteiger partial charge in [-0.1, -0.05) is 24.3 Å². The Balaban J connectivity index is 2.40. The molecule has 1 aromatic heterocycles. The predicted molar refractivity (Wildman–Crippen MR) is 78.0 cm³/mol. The highest BCUT2D eigenvalue weighted by Crippen LogP contribution is 2.19. The molecule has 0 aliphatic carbocycles. The van der Waals surface area contributed by atoms with Gasteiger partial charge in [0.2, 0.25) is 0 Å². The highest BCUT2D eigenvalue weighted by molar-refractivity contribution is 5.93. The van der Waals surface area contributed by atoms with E-state index in [2.05, 4.69) is 0 Å². The number of aryl methyl sites for hydroxylation is 1. The Morgan fingerprint density at radius 2 is 1.45 bits per heavy atom. The third kappa shape index (κ3) is 1.95. The van der Waals surface area contributed by atoms with Crippen LogP contribution in [0, 0.1) is 0 Å². The van der Waals surface area contributed by atoms with Crippen LogP contribution >= 0.6 is 0 Å². The first-order valence-corrected chi connectivity index (χ1v) is 6.40. The van der Waals surface area contributed by atoms with Gasteiger partial charge in [-0.3, -0.25) is 9.59 Å². The van der Waals surface area contributed by atoms with Crippen LogP contribution in [0.4, 0.5) is 0 Å². The maximum atomic E-state index is 12.4. The first-order chi connectivity index (χ1) is 9.68. The molecule has 0 saturated heterocycles. The molecule has 1 N–H and O–H groups in total. The van der Waals surface area contributed by atoms with Crippen molar-refractivity contribution >= 4 is 27.8 Å². The van der Waals surface area contributed by atoms with Gasteiger partial charge in [0.1, 0.15) is 0 Å². The summed E-state index contributed by atoms with van der Waals surface area (Å²) in [5, 5.41) is 10.1. The van der Waals surface area contributed by atoms with Crippen molar-refractivity contribution in [2.75, 3.05) is 0 Å². The van der Waals surface area contributed by atoms with Gasteiger partial charge in [-0.2, -0.15) is 0 Å². The number of hydrogen-bond acceptors (Lipinski definition) is 2. The molecule has 4 heteroatoms. The number of benzene rings is 2. The molecule has 0 bridgehead atoms. The summed E-state index contributed by atoms with van der Waals surface area (Å²) < 4.78 is 1.90. The van der Waals surface area contributed by atoms with Crippen molar-refractivity contribution in [1.29, 1.82) is 0 Å². The maximum absolute atomic E-state index is 12.4. The fraction of sp³-hybridized carbons (Fsp3) is 0.125. The zero-order valence-electron chi connectivity index (χ0n) is 10.7. The minimum Gasteiger partial charge on any atom is -0.481 e. The van der Waals surface area contributed by atoms with Crippen LogP contribution in [0.2, 0.25) is 0 Å². The average Bonchev–Trinajstić information content (AvgIpc) is 2.47. The number of nitrogens with zero attached hydrogens (tertiary/aromatic N) is 1. The Bertz CT molecular complexity index is 804. The van der Waals surface area contributed by atoms with Crippen LogP contribution in [0.25, 0.3) is 21.8 Å². The molecule has 100 valence electrons. The number of rotatable bonds is 3. The van der Waals surface area contributed by atoms with E-state index in [0.29, 0.717) is 17.3 Å². The molecule has 0 aliphatic rings. The fourth-order valence-electron chi connectivity index (χ4n) is 2.53. The molecule has 0 aliphatic heterocycles.